The predicted octanol–water partition coefficient (Wildman–Crippen LogP) is 18.0. The topological polar surface area (TPSA) is 6.48 Å². The summed E-state index contributed by atoms with van der Waals surface area (Å²) in [5.74, 6) is 0.386. The molecule has 2 heteroatoms. The molecule has 4 aliphatic rings. The number of anilines is 6. The van der Waals surface area contributed by atoms with Crippen molar-refractivity contribution in [2.45, 2.75) is 30.6 Å². The van der Waals surface area contributed by atoms with Crippen molar-refractivity contribution in [3.8, 4) is 33.4 Å². The van der Waals surface area contributed by atoms with Crippen LogP contribution in [0.1, 0.15) is 53.0 Å². The van der Waals surface area contributed by atoms with Crippen LogP contribution in [0.3, 0.4) is 0 Å². The van der Waals surface area contributed by atoms with Crippen LogP contribution < -0.4 is 9.80 Å². The Balaban J connectivity index is 0.965. The molecule has 9 aromatic rings. The van der Waals surface area contributed by atoms with Crippen molar-refractivity contribution in [2.24, 2.45) is 0 Å². The second-order valence-electron chi connectivity index (χ2n) is 18.6. The van der Waals surface area contributed by atoms with Crippen molar-refractivity contribution in [1.82, 2.24) is 0 Å². The lowest BCUT2D eigenvalue weighted by molar-refractivity contribution is 0.780. The lowest BCUT2D eigenvalue weighted by Gasteiger charge is -2.33. The van der Waals surface area contributed by atoms with Gasteiger partial charge < -0.3 is 9.80 Å². The Hall–Kier alpha value is -8.46. The van der Waals surface area contributed by atoms with E-state index in [1.54, 1.807) is 0 Å². The Kier molecular flexibility index (Phi) is 10.1. The molecule has 0 heterocycles. The van der Waals surface area contributed by atoms with Gasteiger partial charge in [-0.25, -0.2) is 0 Å². The van der Waals surface area contributed by atoms with Crippen molar-refractivity contribution in [3.05, 3.63) is 294 Å². The minimum Gasteiger partial charge on any atom is -0.311 e. The summed E-state index contributed by atoms with van der Waals surface area (Å²) in [7, 11) is 0. The van der Waals surface area contributed by atoms with E-state index < -0.39 is 5.41 Å². The highest BCUT2D eigenvalue weighted by atomic mass is 15.2. The monoisotopic (exact) mass is 882 g/mol. The van der Waals surface area contributed by atoms with Crippen LogP contribution in [0.2, 0.25) is 0 Å². The lowest BCUT2D eigenvalue weighted by Crippen LogP contribution is -2.27. The molecule has 0 bridgehead atoms. The minimum atomic E-state index is -0.395. The average molecular weight is 883 g/mol. The number of rotatable bonds is 9. The van der Waals surface area contributed by atoms with E-state index in [9.17, 15) is 0 Å². The zero-order chi connectivity index (χ0) is 45.7. The molecule has 9 aromatic carbocycles. The van der Waals surface area contributed by atoms with Crippen LogP contribution in [0.15, 0.2) is 266 Å². The summed E-state index contributed by atoms with van der Waals surface area (Å²) >= 11 is 0. The van der Waals surface area contributed by atoms with Gasteiger partial charge in [0.1, 0.15) is 0 Å². The predicted molar refractivity (Wildman–Crippen MR) is 289 cm³/mol. The molecule has 13 rings (SSSR count). The summed E-state index contributed by atoms with van der Waals surface area (Å²) in [4.78, 5) is 4.87. The molecule has 0 saturated carbocycles. The molecule has 0 N–H and O–H groups in total. The Morgan fingerprint density at radius 2 is 0.884 bits per heavy atom. The third-order valence-corrected chi connectivity index (χ3v) is 14.9. The second kappa shape index (κ2) is 17.0. The second-order valence-corrected chi connectivity index (χ2v) is 18.6. The Morgan fingerprint density at radius 3 is 1.48 bits per heavy atom. The number of fused-ring (bicyclic) bond motifs is 9. The van der Waals surface area contributed by atoms with Crippen LogP contribution in [0.25, 0.3) is 39.0 Å². The summed E-state index contributed by atoms with van der Waals surface area (Å²) in [6.07, 6.45) is 16.9. The summed E-state index contributed by atoms with van der Waals surface area (Å²) in [5, 5.41) is 0. The van der Waals surface area contributed by atoms with E-state index in [0.29, 0.717) is 5.92 Å². The maximum Gasteiger partial charge on any atom is 0.0722 e. The van der Waals surface area contributed by atoms with Gasteiger partial charge in [-0.3, -0.25) is 0 Å². The van der Waals surface area contributed by atoms with Gasteiger partial charge in [-0.15, -0.1) is 0 Å². The molecule has 2 unspecified atom stereocenters. The third-order valence-electron chi connectivity index (χ3n) is 14.9. The molecule has 2 atom stereocenters. The van der Waals surface area contributed by atoms with E-state index in [0.717, 1.165) is 47.7 Å². The Labute approximate surface area is 405 Å². The number of benzene rings is 9. The first-order valence-electron chi connectivity index (χ1n) is 24.4. The van der Waals surface area contributed by atoms with E-state index in [1.165, 1.54) is 78.0 Å². The Bertz CT molecular complexity index is 3490. The van der Waals surface area contributed by atoms with Crippen molar-refractivity contribution >= 4 is 39.7 Å². The minimum absolute atomic E-state index is 0.386. The molecule has 1 spiro atoms. The smallest absolute Gasteiger partial charge is 0.0722 e. The van der Waals surface area contributed by atoms with Crippen LogP contribution in [-0.4, -0.2) is 0 Å². The lowest BCUT2D eigenvalue weighted by atomic mass is 9.69. The number of hydrogen-bond acceptors (Lipinski definition) is 2. The molecule has 69 heavy (non-hydrogen) atoms. The molecule has 0 amide bonds. The summed E-state index contributed by atoms with van der Waals surface area (Å²) in [6.45, 7) is 0. The van der Waals surface area contributed by atoms with E-state index in [-0.39, 0.29) is 0 Å². The molecule has 0 fully saturated rings. The van der Waals surface area contributed by atoms with Crippen LogP contribution in [0.4, 0.5) is 34.1 Å². The molecule has 0 aliphatic heterocycles. The maximum atomic E-state index is 2.49. The van der Waals surface area contributed by atoms with Crippen LogP contribution in [0.5, 0.6) is 0 Å². The van der Waals surface area contributed by atoms with Crippen LogP contribution in [-0.2, 0) is 5.41 Å². The van der Waals surface area contributed by atoms with Gasteiger partial charge in [-0.05, 0) is 153 Å². The zero-order valence-electron chi connectivity index (χ0n) is 38.4. The highest BCUT2D eigenvalue weighted by molar-refractivity contribution is 6.01. The standard InChI is InChI=1S/C67H50N2/c1-4-17-47(18-5-1)50-31-37-53(38-32-50)68(54-39-33-51(34-40-54)48-19-6-2-7-20-48)55-43-45-57(46-44-55)69(56-41-35-52(36-42-56)49-21-8-3-9-22-49)65-30-16-29-64-66(65)60-25-12-15-28-63(60)67(64)61-26-13-10-23-58(61)59-24-11-14-27-62(59)67/h1-10,12-19,21-23,25-46,48H,11,20,24H2. The molecular formula is C67H50N2. The molecule has 4 aliphatic carbocycles. The van der Waals surface area contributed by atoms with E-state index in [1.807, 2.05) is 0 Å². The van der Waals surface area contributed by atoms with E-state index >= 15 is 0 Å². The average Bonchev–Trinajstić information content (AvgIpc) is 3.91. The van der Waals surface area contributed by atoms with Gasteiger partial charge in [-0.1, -0.05) is 194 Å². The van der Waals surface area contributed by atoms with Crippen molar-refractivity contribution in [1.29, 1.82) is 0 Å². The molecule has 0 radical (unpaired) electrons. The SMILES string of the molecule is C1=CCC(c2ccc(N(c3ccc(-c4ccccc4)cc3)c3ccc(N(c4ccc(-c5ccccc5)cc4)c4cccc5c4-c4ccccc4C54C5=C(CCC=C5)c5ccccc54)cc3)cc2)C=C1. The molecule has 328 valence electrons. The molecule has 0 saturated heterocycles. The molecule has 2 nitrogen and oxygen atoms in total. The first-order chi connectivity index (χ1) is 34.2. The summed E-state index contributed by atoms with van der Waals surface area (Å²) < 4.78 is 0. The first-order valence-corrected chi connectivity index (χ1v) is 24.4. The van der Waals surface area contributed by atoms with Gasteiger partial charge in [0.05, 0.1) is 11.1 Å². The van der Waals surface area contributed by atoms with E-state index in [2.05, 4.69) is 271 Å². The molecular weight excluding hydrogens is 833 g/mol. The van der Waals surface area contributed by atoms with Gasteiger partial charge in [-0.2, -0.15) is 0 Å². The number of hydrogen-bond donors (Lipinski definition) is 0. The van der Waals surface area contributed by atoms with Gasteiger partial charge >= 0.3 is 0 Å². The van der Waals surface area contributed by atoms with Crippen molar-refractivity contribution in [3.63, 3.8) is 0 Å². The van der Waals surface area contributed by atoms with Crippen molar-refractivity contribution in [2.75, 3.05) is 9.80 Å². The van der Waals surface area contributed by atoms with Gasteiger partial charge in [0.25, 0.3) is 0 Å². The molecule has 0 aromatic heterocycles. The largest absolute Gasteiger partial charge is 0.311 e. The fourth-order valence-electron chi connectivity index (χ4n) is 11.8. The Morgan fingerprint density at radius 1 is 0.391 bits per heavy atom. The van der Waals surface area contributed by atoms with Crippen LogP contribution >= 0.6 is 0 Å². The fraction of sp³-hybridized carbons (Fsp3) is 0.0746. The van der Waals surface area contributed by atoms with Crippen LogP contribution in [0, 0.1) is 0 Å². The fourth-order valence-corrected chi connectivity index (χ4v) is 11.8. The maximum absolute atomic E-state index is 2.49. The van der Waals surface area contributed by atoms with Gasteiger partial charge in [0.15, 0.2) is 0 Å². The van der Waals surface area contributed by atoms with Gasteiger partial charge in [0, 0.05) is 39.9 Å². The highest BCUT2D eigenvalue weighted by Crippen LogP contribution is 2.65. The normalized spacial score (nSPS) is 17.1. The van der Waals surface area contributed by atoms with Gasteiger partial charge in [0.2, 0.25) is 0 Å². The summed E-state index contributed by atoms with van der Waals surface area (Å²) in [5.41, 5.74) is 23.4. The van der Waals surface area contributed by atoms with Crippen molar-refractivity contribution < 1.29 is 0 Å². The zero-order valence-corrected chi connectivity index (χ0v) is 38.4. The summed E-state index contributed by atoms with van der Waals surface area (Å²) in [6, 6.07) is 83.2. The quantitative estimate of drug-likeness (QED) is 0.143. The number of allylic oxidation sites excluding steroid dienone is 8. The first kappa shape index (κ1) is 40.8. The third kappa shape index (κ3) is 6.78. The highest BCUT2D eigenvalue weighted by Gasteiger charge is 2.53. The van der Waals surface area contributed by atoms with E-state index in [4.69, 9.17) is 0 Å². The number of nitrogens with zero attached hydrogens (tertiary/aromatic N) is 2.